The normalized spacial score (nSPS) is 20.4. The van der Waals surface area contributed by atoms with Gasteiger partial charge in [-0.3, -0.25) is 4.90 Å². The maximum atomic E-state index is 5.49. The van der Waals surface area contributed by atoms with E-state index in [0.29, 0.717) is 4.99 Å². The molecule has 17 heavy (non-hydrogen) atoms. The average molecular weight is 257 g/mol. The van der Waals surface area contributed by atoms with Crippen LogP contribution in [0.3, 0.4) is 0 Å². The number of piperazine rings is 1. The fraction of sp³-hybridized carbons (Fsp3) is 0.923. The molecule has 0 radical (unpaired) electrons. The Kier molecular flexibility index (Phi) is 7.00. The van der Waals surface area contributed by atoms with Crippen LogP contribution in [-0.4, -0.2) is 53.6 Å². The van der Waals surface area contributed by atoms with E-state index in [0.717, 1.165) is 18.9 Å². The summed E-state index contributed by atoms with van der Waals surface area (Å²) in [7, 11) is 0. The van der Waals surface area contributed by atoms with Crippen LogP contribution >= 0.6 is 12.2 Å². The first-order valence-electron chi connectivity index (χ1n) is 6.88. The van der Waals surface area contributed by atoms with Gasteiger partial charge in [0.15, 0.2) is 0 Å². The second kappa shape index (κ2) is 8.01. The van der Waals surface area contributed by atoms with Crippen LogP contribution in [0.1, 0.15) is 39.5 Å². The van der Waals surface area contributed by atoms with Crippen molar-refractivity contribution in [1.29, 1.82) is 0 Å². The summed E-state index contributed by atoms with van der Waals surface area (Å²) in [5.41, 5.74) is 5.49. The molecule has 0 saturated carbocycles. The lowest BCUT2D eigenvalue weighted by Gasteiger charge is -2.37. The maximum Gasteiger partial charge on any atom is 0.0727 e. The molecule has 0 aromatic carbocycles. The van der Waals surface area contributed by atoms with Gasteiger partial charge in [-0.15, -0.1) is 0 Å². The second-order valence-corrected chi connectivity index (χ2v) is 5.58. The van der Waals surface area contributed by atoms with Gasteiger partial charge in [0.1, 0.15) is 0 Å². The molecule has 4 heteroatoms. The van der Waals surface area contributed by atoms with Crippen molar-refractivity contribution in [3.63, 3.8) is 0 Å². The van der Waals surface area contributed by atoms with E-state index in [2.05, 4.69) is 23.6 Å². The Morgan fingerprint density at radius 1 is 1.24 bits per heavy atom. The fourth-order valence-electron chi connectivity index (χ4n) is 2.32. The van der Waals surface area contributed by atoms with Gasteiger partial charge < -0.3 is 10.6 Å². The van der Waals surface area contributed by atoms with Gasteiger partial charge in [0, 0.05) is 32.2 Å². The zero-order valence-corrected chi connectivity index (χ0v) is 12.1. The molecule has 0 spiro atoms. The van der Waals surface area contributed by atoms with Gasteiger partial charge in [-0.25, -0.2) is 0 Å². The molecule has 3 nitrogen and oxygen atoms in total. The lowest BCUT2D eigenvalue weighted by Crippen LogP contribution is -2.49. The van der Waals surface area contributed by atoms with E-state index in [9.17, 15) is 0 Å². The Balaban J connectivity index is 2.08. The molecule has 1 atom stereocenters. The van der Waals surface area contributed by atoms with Crippen molar-refractivity contribution < 1.29 is 0 Å². The van der Waals surface area contributed by atoms with E-state index in [4.69, 9.17) is 18.0 Å². The predicted molar refractivity (Wildman–Crippen MR) is 78.4 cm³/mol. The number of hydrogen-bond acceptors (Lipinski definition) is 3. The third kappa shape index (κ3) is 5.80. The molecular weight excluding hydrogens is 230 g/mol. The van der Waals surface area contributed by atoms with E-state index in [1.165, 1.54) is 45.6 Å². The molecular formula is C13H27N3S. The lowest BCUT2D eigenvalue weighted by molar-refractivity contribution is 0.0997. The van der Waals surface area contributed by atoms with E-state index < -0.39 is 0 Å². The highest BCUT2D eigenvalue weighted by molar-refractivity contribution is 7.80. The Morgan fingerprint density at radius 2 is 1.88 bits per heavy atom. The molecule has 1 heterocycles. The zero-order valence-electron chi connectivity index (χ0n) is 11.3. The zero-order chi connectivity index (χ0) is 12.7. The number of thiocarbonyl (C=S) groups is 1. The molecule has 1 aliphatic heterocycles. The van der Waals surface area contributed by atoms with Gasteiger partial charge in [-0.1, -0.05) is 19.1 Å². The van der Waals surface area contributed by atoms with Gasteiger partial charge in [0.05, 0.1) is 4.99 Å². The molecule has 1 rings (SSSR count). The molecule has 1 fully saturated rings. The van der Waals surface area contributed by atoms with Gasteiger partial charge in [0.2, 0.25) is 0 Å². The number of hydrogen-bond donors (Lipinski definition) is 1. The summed E-state index contributed by atoms with van der Waals surface area (Å²) in [4.78, 5) is 5.83. The number of rotatable bonds is 7. The Morgan fingerprint density at radius 3 is 2.41 bits per heavy atom. The standard InChI is InChI=1S/C13H27N3S/c1-3-12(2)16-10-8-15(9-11-16)7-5-4-6-13(14)17/h12H,3-11H2,1-2H3,(H2,14,17). The van der Waals surface area contributed by atoms with Crippen molar-refractivity contribution in [1.82, 2.24) is 9.80 Å². The molecule has 0 aromatic heterocycles. The smallest absolute Gasteiger partial charge is 0.0727 e. The first-order chi connectivity index (χ1) is 8.13. The van der Waals surface area contributed by atoms with E-state index in [1.54, 1.807) is 0 Å². The number of nitrogens with two attached hydrogens (primary N) is 1. The summed E-state index contributed by atoms with van der Waals surface area (Å²) in [6, 6.07) is 0.742. The lowest BCUT2D eigenvalue weighted by atomic mass is 10.1. The van der Waals surface area contributed by atoms with Crippen LogP contribution in [0.2, 0.25) is 0 Å². The quantitative estimate of drug-likeness (QED) is 0.557. The molecule has 0 aromatic rings. The SMILES string of the molecule is CCC(C)N1CCN(CCCCC(N)=S)CC1. The molecule has 0 bridgehead atoms. The van der Waals surface area contributed by atoms with Crippen LogP contribution in [0.25, 0.3) is 0 Å². The molecule has 1 saturated heterocycles. The van der Waals surface area contributed by atoms with Crippen molar-refractivity contribution >= 4 is 17.2 Å². The minimum Gasteiger partial charge on any atom is -0.393 e. The molecule has 0 aliphatic carbocycles. The van der Waals surface area contributed by atoms with Crippen molar-refractivity contribution in [2.24, 2.45) is 5.73 Å². The van der Waals surface area contributed by atoms with Crippen LogP contribution in [-0.2, 0) is 0 Å². The summed E-state index contributed by atoms with van der Waals surface area (Å²) in [6.45, 7) is 10.7. The highest BCUT2D eigenvalue weighted by Gasteiger charge is 2.19. The first kappa shape index (κ1) is 14.9. The summed E-state index contributed by atoms with van der Waals surface area (Å²) in [6.07, 6.45) is 4.53. The molecule has 2 N–H and O–H groups in total. The molecule has 1 unspecified atom stereocenters. The van der Waals surface area contributed by atoms with Crippen molar-refractivity contribution in [2.45, 2.75) is 45.6 Å². The number of nitrogens with zero attached hydrogens (tertiary/aromatic N) is 2. The minimum atomic E-state index is 0.659. The van der Waals surface area contributed by atoms with Crippen molar-refractivity contribution in [2.75, 3.05) is 32.7 Å². The third-order valence-electron chi connectivity index (χ3n) is 3.77. The minimum absolute atomic E-state index is 0.659. The summed E-state index contributed by atoms with van der Waals surface area (Å²) >= 11 is 4.88. The van der Waals surface area contributed by atoms with E-state index in [1.807, 2.05) is 0 Å². The third-order valence-corrected chi connectivity index (χ3v) is 3.97. The monoisotopic (exact) mass is 257 g/mol. The van der Waals surface area contributed by atoms with Crippen LogP contribution in [0.5, 0.6) is 0 Å². The maximum absolute atomic E-state index is 5.49. The summed E-state index contributed by atoms with van der Waals surface area (Å²) in [5, 5.41) is 0. The van der Waals surface area contributed by atoms with Gasteiger partial charge >= 0.3 is 0 Å². The van der Waals surface area contributed by atoms with E-state index in [-0.39, 0.29) is 0 Å². The predicted octanol–water partition coefficient (Wildman–Crippen LogP) is 1.86. The van der Waals surface area contributed by atoms with E-state index >= 15 is 0 Å². The van der Waals surface area contributed by atoms with Gasteiger partial charge in [-0.2, -0.15) is 0 Å². The largest absolute Gasteiger partial charge is 0.393 e. The molecule has 100 valence electrons. The Labute approximate surface area is 111 Å². The van der Waals surface area contributed by atoms with Crippen LogP contribution < -0.4 is 5.73 Å². The first-order valence-corrected chi connectivity index (χ1v) is 7.29. The van der Waals surface area contributed by atoms with Crippen LogP contribution in [0, 0.1) is 0 Å². The van der Waals surface area contributed by atoms with Crippen molar-refractivity contribution in [3.8, 4) is 0 Å². The van der Waals surface area contributed by atoms with Crippen LogP contribution in [0.4, 0.5) is 0 Å². The molecule has 0 amide bonds. The Hall–Kier alpha value is -0.190. The van der Waals surface area contributed by atoms with Crippen LogP contribution in [0.15, 0.2) is 0 Å². The fourth-order valence-corrected chi connectivity index (χ4v) is 2.46. The average Bonchev–Trinajstić information content (AvgIpc) is 2.34. The van der Waals surface area contributed by atoms with Gasteiger partial charge in [0.25, 0.3) is 0 Å². The summed E-state index contributed by atoms with van der Waals surface area (Å²) in [5.74, 6) is 0. The highest BCUT2D eigenvalue weighted by atomic mass is 32.1. The topological polar surface area (TPSA) is 32.5 Å². The number of unbranched alkanes of at least 4 members (excludes halogenated alkanes) is 1. The Bertz CT molecular complexity index is 225. The highest BCUT2D eigenvalue weighted by Crippen LogP contribution is 2.09. The summed E-state index contributed by atoms with van der Waals surface area (Å²) < 4.78 is 0. The molecule has 1 aliphatic rings. The van der Waals surface area contributed by atoms with Crippen molar-refractivity contribution in [3.05, 3.63) is 0 Å². The second-order valence-electron chi connectivity index (χ2n) is 5.06. The van der Waals surface area contributed by atoms with Gasteiger partial charge in [-0.05, 0) is 39.2 Å².